The first kappa shape index (κ1) is 20.7. The van der Waals surface area contributed by atoms with Gasteiger partial charge in [0, 0.05) is 23.5 Å². The third-order valence-electron chi connectivity index (χ3n) is 6.97. The molecule has 0 aliphatic carbocycles. The zero-order valence-electron chi connectivity index (χ0n) is 19.2. The minimum absolute atomic E-state index is 0.0229. The Kier molecular flexibility index (Phi) is 4.79. The Bertz CT molecular complexity index is 1360. The maximum Gasteiger partial charge on any atom is 0.411 e. The van der Waals surface area contributed by atoms with E-state index in [1.807, 2.05) is 61.3 Å². The summed E-state index contributed by atoms with van der Waals surface area (Å²) in [6.07, 6.45) is 6.87. The number of aromatic nitrogens is 3. The Morgan fingerprint density at radius 1 is 1.12 bits per heavy atom. The van der Waals surface area contributed by atoms with Gasteiger partial charge in [0.15, 0.2) is 0 Å². The van der Waals surface area contributed by atoms with E-state index in [4.69, 9.17) is 9.47 Å². The van der Waals surface area contributed by atoms with E-state index in [0.29, 0.717) is 12.4 Å². The van der Waals surface area contributed by atoms with E-state index in [0.717, 1.165) is 46.3 Å². The second-order valence-corrected chi connectivity index (χ2v) is 9.45. The van der Waals surface area contributed by atoms with Crippen molar-refractivity contribution in [1.82, 2.24) is 19.9 Å². The van der Waals surface area contributed by atoms with Crippen molar-refractivity contribution < 1.29 is 14.3 Å². The summed E-state index contributed by atoms with van der Waals surface area (Å²) in [4.78, 5) is 26.9. The van der Waals surface area contributed by atoms with E-state index >= 15 is 0 Å². The standard InChI is InChI=1S/C27H26N4O3/c1-27(2)22-11-10-18(31(22)26(32)34-27)16-33-21-15-28-14-12-19(21)24-23(17-7-4-3-5-8-17)25-20(30-24)9-6-13-29-25/h3-9,12-15,18,22,30H,10-11,16H2,1-2H3/t18-,22?/m0/s1. The summed E-state index contributed by atoms with van der Waals surface area (Å²) in [5.41, 5.74) is 5.35. The highest BCUT2D eigenvalue weighted by atomic mass is 16.6. The average molecular weight is 455 g/mol. The van der Waals surface area contributed by atoms with Crippen molar-refractivity contribution in [3.63, 3.8) is 0 Å². The summed E-state index contributed by atoms with van der Waals surface area (Å²) in [7, 11) is 0. The summed E-state index contributed by atoms with van der Waals surface area (Å²) < 4.78 is 11.9. The zero-order chi connectivity index (χ0) is 23.3. The summed E-state index contributed by atoms with van der Waals surface area (Å²) in [5.74, 6) is 0.668. The molecule has 7 nitrogen and oxygen atoms in total. The quantitative estimate of drug-likeness (QED) is 0.435. The van der Waals surface area contributed by atoms with Crippen molar-refractivity contribution in [3.8, 4) is 28.1 Å². The van der Waals surface area contributed by atoms with Crippen molar-refractivity contribution in [2.45, 2.75) is 44.4 Å². The van der Waals surface area contributed by atoms with Gasteiger partial charge in [0.2, 0.25) is 0 Å². The van der Waals surface area contributed by atoms with Crippen LogP contribution in [0, 0.1) is 0 Å². The van der Waals surface area contributed by atoms with Crippen LogP contribution in [0.1, 0.15) is 26.7 Å². The Labute approximate surface area is 197 Å². The molecule has 2 aliphatic heterocycles. The number of hydrogen-bond acceptors (Lipinski definition) is 5. The van der Waals surface area contributed by atoms with E-state index in [-0.39, 0.29) is 18.2 Å². The molecular weight excluding hydrogens is 428 g/mol. The molecule has 0 saturated carbocycles. The number of benzene rings is 1. The summed E-state index contributed by atoms with van der Waals surface area (Å²) in [6.45, 7) is 4.35. The van der Waals surface area contributed by atoms with E-state index in [1.165, 1.54) is 0 Å². The number of aromatic amines is 1. The van der Waals surface area contributed by atoms with Gasteiger partial charge in [-0.3, -0.25) is 14.9 Å². The van der Waals surface area contributed by atoms with Gasteiger partial charge in [-0.1, -0.05) is 30.3 Å². The van der Waals surface area contributed by atoms with Crippen LogP contribution < -0.4 is 4.74 Å². The average Bonchev–Trinajstić information content (AvgIpc) is 3.51. The number of ether oxygens (including phenoxy) is 2. The van der Waals surface area contributed by atoms with E-state index in [1.54, 1.807) is 12.4 Å². The SMILES string of the molecule is CC1(C)OC(=O)N2C1CC[C@H]2COc1cnccc1-c1[nH]c2cccnc2c1-c1ccccc1. The lowest BCUT2D eigenvalue weighted by Crippen LogP contribution is -2.42. The molecule has 2 saturated heterocycles. The third-order valence-corrected chi connectivity index (χ3v) is 6.97. The summed E-state index contributed by atoms with van der Waals surface area (Å²) >= 11 is 0. The molecule has 2 fully saturated rings. The highest BCUT2D eigenvalue weighted by molar-refractivity contribution is 6.02. The molecule has 5 heterocycles. The van der Waals surface area contributed by atoms with Gasteiger partial charge in [-0.15, -0.1) is 0 Å². The maximum atomic E-state index is 12.5. The van der Waals surface area contributed by atoms with Crippen LogP contribution in [-0.4, -0.2) is 50.2 Å². The number of fused-ring (bicyclic) bond motifs is 2. The lowest BCUT2D eigenvalue weighted by Gasteiger charge is -2.25. The fourth-order valence-corrected chi connectivity index (χ4v) is 5.35. The van der Waals surface area contributed by atoms with Gasteiger partial charge >= 0.3 is 6.09 Å². The number of amides is 1. The van der Waals surface area contributed by atoms with Crippen molar-refractivity contribution in [2.75, 3.05) is 6.61 Å². The third kappa shape index (κ3) is 3.31. The molecule has 1 N–H and O–H groups in total. The van der Waals surface area contributed by atoms with E-state index < -0.39 is 5.60 Å². The number of nitrogens with one attached hydrogen (secondary N) is 1. The monoisotopic (exact) mass is 454 g/mol. The van der Waals surface area contributed by atoms with Crippen molar-refractivity contribution >= 4 is 17.1 Å². The second kappa shape index (κ2) is 7.87. The van der Waals surface area contributed by atoms with Gasteiger partial charge in [0.05, 0.1) is 35.0 Å². The van der Waals surface area contributed by atoms with Gasteiger partial charge in [0.1, 0.15) is 18.0 Å². The molecule has 2 atom stereocenters. The minimum atomic E-state index is -0.465. The van der Waals surface area contributed by atoms with Crippen LogP contribution in [0.25, 0.3) is 33.4 Å². The predicted octanol–water partition coefficient (Wildman–Crippen LogP) is 5.43. The van der Waals surface area contributed by atoms with Crippen molar-refractivity contribution in [1.29, 1.82) is 0 Å². The predicted molar refractivity (Wildman–Crippen MR) is 129 cm³/mol. The van der Waals surface area contributed by atoms with Crippen LogP contribution in [-0.2, 0) is 4.74 Å². The number of pyridine rings is 2. The topological polar surface area (TPSA) is 80.3 Å². The molecule has 34 heavy (non-hydrogen) atoms. The zero-order valence-corrected chi connectivity index (χ0v) is 19.2. The number of carbonyl (C=O) groups is 1. The van der Waals surface area contributed by atoms with E-state index in [9.17, 15) is 4.79 Å². The Hall–Kier alpha value is -3.87. The summed E-state index contributed by atoms with van der Waals surface area (Å²) in [5, 5.41) is 0. The Morgan fingerprint density at radius 2 is 1.97 bits per heavy atom. The number of hydrogen-bond donors (Lipinski definition) is 1. The van der Waals surface area contributed by atoms with Crippen LogP contribution in [0.5, 0.6) is 5.75 Å². The number of nitrogens with zero attached hydrogens (tertiary/aromatic N) is 3. The van der Waals surface area contributed by atoms with Crippen LogP contribution >= 0.6 is 0 Å². The van der Waals surface area contributed by atoms with Gasteiger partial charge in [0.25, 0.3) is 0 Å². The van der Waals surface area contributed by atoms with Gasteiger partial charge in [-0.2, -0.15) is 0 Å². The van der Waals surface area contributed by atoms with Crippen molar-refractivity contribution in [2.24, 2.45) is 0 Å². The second-order valence-electron chi connectivity index (χ2n) is 9.45. The summed E-state index contributed by atoms with van der Waals surface area (Å²) in [6, 6.07) is 16.2. The maximum absolute atomic E-state index is 12.5. The first-order valence-electron chi connectivity index (χ1n) is 11.6. The molecular formula is C27H26N4O3. The molecule has 1 aromatic carbocycles. The molecule has 1 amide bonds. The largest absolute Gasteiger partial charge is 0.489 e. The lowest BCUT2D eigenvalue weighted by atomic mass is 9.98. The van der Waals surface area contributed by atoms with E-state index in [2.05, 4.69) is 27.1 Å². The van der Waals surface area contributed by atoms with Gasteiger partial charge < -0.3 is 14.5 Å². The molecule has 4 aromatic rings. The Morgan fingerprint density at radius 3 is 2.82 bits per heavy atom. The number of cyclic esters (lactones) is 1. The minimum Gasteiger partial charge on any atom is -0.489 e. The highest BCUT2D eigenvalue weighted by Gasteiger charge is 2.53. The van der Waals surface area contributed by atoms with Gasteiger partial charge in [-0.05, 0) is 50.5 Å². The molecule has 1 unspecified atom stereocenters. The fourth-order valence-electron chi connectivity index (χ4n) is 5.35. The highest BCUT2D eigenvalue weighted by Crippen LogP contribution is 2.42. The van der Waals surface area contributed by atoms with Crippen LogP contribution in [0.15, 0.2) is 67.1 Å². The fraction of sp³-hybridized carbons (Fsp3) is 0.296. The smallest absolute Gasteiger partial charge is 0.411 e. The lowest BCUT2D eigenvalue weighted by molar-refractivity contribution is 0.0669. The molecule has 3 aromatic heterocycles. The van der Waals surface area contributed by atoms with Gasteiger partial charge in [-0.25, -0.2) is 4.79 Å². The molecule has 172 valence electrons. The molecule has 7 heteroatoms. The number of rotatable bonds is 5. The first-order valence-corrected chi connectivity index (χ1v) is 11.6. The number of H-pyrrole nitrogens is 1. The molecule has 6 rings (SSSR count). The Balaban J connectivity index is 1.36. The van der Waals surface area contributed by atoms with Crippen molar-refractivity contribution in [3.05, 3.63) is 67.1 Å². The van der Waals surface area contributed by atoms with Crippen LogP contribution in [0.3, 0.4) is 0 Å². The van der Waals surface area contributed by atoms with Crippen LogP contribution in [0.2, 0.25) is 0 Å². The molecule has 0 bridgehead atoms. The van der Waals surface area contributed by atoms with Crippen LogP contribution in [0.4, 0.5) is 4.79 Å². The molecule has 2 aliphatic rings. The molecule has 0 spiro atoms. The molecule has 0 radical (unpaired) electrons. The first-order chi connectivity index (χ1) is 16.5. The normalized spacial score (nSPS) is 21.0. The number of carbonyl (C=O) groups excluding carboxylic acids is 1.